The van der Waals surface area contributed by atoms with Crippen molar-refractivity contribution in [2.75, 3.05) is 18.8 Å². The van der Waals surface area contributed by atoms with Gasteiger partial charge in [-0.1, -0.05) is 29.4 Å². The average Bonchev–Trinajstić information content (AvgIpc) is 3.42. The zero-order valence-electron chi connectivity index (χ0n) is 15.0. The van der Waals surface area contributed by atoms with E-state index in [9.17, 15) is 9.59 Å². The second-order valence-electron chi connectivity index (χ2n) is 7.10. The van der Waals surface area contributed by atoms with E-state index in [4.69, 9.17) is 16.6 Å². The molecule has 2 aliphatic heterocycles. The quantitative estimate of drug-likeness (QED) is 0.615. The van der Waals surface area contributed by atoms with E-state index in [2.05, 4.69) is 5.10 Å². The summed E-state index contributed by atoms with van der Waals surface area (Å²) in [6.07, 6.45) is 4.01. The Morgan fingerprint density at radius 1 is 1.29 bits per heavy atom. The Hall–Kier alpha value is -2.32. The standard InChI is InChI=1S/C19H18ClN5O2S/c20-12-4-3-5-13(8-12)25-17-15(10-21-25)18(27)24-14(11-28-19(24)22-17)9-16(26)23-6-1-2-7-23/h3-5,8,10,14H,1-2,6-7,9,11H2. The largest absolute Gasteiger partial charge is 0.343 e. The molecule has 1 atom stereocenters. The highest BCUT2D eigenvalue weighted by atomic mass is 35.5. The van der Waals surface area contributed by atoms with Crippen molar-refractivity contribution in [2.45, 2.75) is 30.5 Å². The number of rotatable bonds is 3. The molecule has 0 spiro atoms. The molecule has 0 aliphatic carbocycles. The van der Waals surface area contributed by atoms with E-state index in [0.29, 0.717) is 33.4 Å². The van der Waals surface area contributed by atoms with Crippen molar-refractivity contribution in [3.05, 3.63) is 45.8 Å². The zero-order valence-corrected chi connectivity index (χ0v) is 16.6. The van der Waals surface area contributed by atoms with Gasteiger partial charge < -0.3 is 4.90 Å². The van der Waals surface area contributed by atoms with Crippen LogP contribution in [0, 0.1) is 0 Å². The van der Waals surface area contributed by atoms with Gasteiger partial charge in [0.15, 0.2) is 10.8 Å². The van der Waals surface area contributed by atoms with Crippen LogP contribution in [0.1, 0.15) is 25.3 Å². The Balaban J connectivity index is 1.53. The van der Waals surface area contributed by atoms with Crippen LogP contribution in [-0.4, -0.2) is 49.0 Å². The van der Waals surface area contributed by atoms with Crippen molar-refractivity contribution in [3.63, 3.8) is 0 Å². The summed E-state index contributed by atoms with van der Waals surface area (Å²) >= 11 is 7.61. The van der Waals surface area contributed by atoms with Crippen molar-refractivity contribution < 1.29 is 4.79 Å². The highest BCUT2D eigenvalue weighted by Crippen LogP contribution is 2.34. The minimum atomic E-state index is -0.160. The predicted octanol–water partition coefficient (Wildman–Crippen LogP) is 2.89. The van der Waals surface area contributed by atoms with E-state index < -0.39 is 0 Å². The third-order valence-electron chi connectivity index (χ3n) is 5.29. The van der Waals surface area contributed by atoms with Crippen LogP contribution in [0.2, 0.25) is 5.02 Å². The fourth-order valence-electron chi connectivity index (χ4n) is 3.87. The van der Waals surface area contributed by atoms with Gasteiger partial charge in [0.05, 0.1) is 17.9 Å². The van der Waals surface area contributed by atoms with Crippen LogP contribution in [-0.2, 0) is 4.79 Å². The second kappa shape index (κ2) is 6.93. The minimum absolute atomic E-state index is 0.123. The fraction of sp³-hybridized carbons (Fsp3) is 0.368. The molecule has 0 radical (unpaired) electrons. The molecule has 28 heavy (non-hydrogen) atoms. The summed E-state index contributed by atoms with van der Waals surface area (Å²) in [5.41, 5.74) is 1.12. The number of amides is 1. The van der Waals surface area contributed by atoms with Crippen LogP contribution in [0.4, 0.5) is 0 Å². The molecule has 4 heterocycles. The number of hydrogen-bond acceptors (Lipinski definition) is 5. The number of fused-ring (bicyclic) bond motifs is 2. The van der Waals surface area contributed by atoms with Crippen molar-refractivity contribution in [3.8, 4) is 5.69 Å². The van der Waals surface area contributed by atoms with Crippen LogP contribution in [0.3, 0.4) is 0 Å². The molecule has 0 bridgehead atoms. The van der Waals surface area contributed by atoms with Crippen LogP contribution in [0.5, 0.6) is 0 Å². The van der Waals surface area contributed by atoms with Crippen LogP contribution >= 0.6 is 23.4 Å². The maximum absolute atomic E-state index is 13.2. The monoisotopic (exact) mass is 415 g/mol. The molecule has 1 aromatic carbocycles. The zero-order chi connectivity index (χ0) is 19.3. The van der Waals surface area contributed by atoms with Crippen molar-refractivity contribution in [2.24, 2.45) is 0 Å². The van der Waals surface area contributed by atoms with E-state index in [1.54, 1.807) is 27.6 Å². The lowest BCUT2D eigenvalue weighted by atomic mass is 10.2. The van der Waals surface area contributed by atoms with Gasteiger partial charge in [-0.05, 0) is 31.0 Å². The molecule has 1 unspecified atom stereocenters. The van der Waals surface area contributed by atoms with Gasteiger partial charge in [-0.25, -0.2) is 9.67 Å². The first-order valence-electron chi connectivity index (χ1n) is 9.28. The minimum Gasteiger partial charge on any atom is -0.343 e. The summed E-state index contributed by atoms with van der Waals surface area (Å²) < 4.78 is 3.30. The van der Waals surface area contributed by atoms with Crippen molar-refractivity contribution >= 4 is 40.3 Å². The topological polar surface area (TPSA) is 73.0 Å². The van der Waals surface area contributed by atoms with Crippen molar-refractivity contribution in [1.29, 1.82) is 0 Å². The number of carbonyl (C=O) groups excluding carboxylic acids is 1. The smallest absolute Gasteiger partial charge is 0.265 e. The highest BCUT2D eigenvalue weighted by molar-refractivity contribution is 7.99. The summed E-state index contributed by atoms with van der Waals surface area (Å²) in [5, 5.41) is 6.03. The van der Waals surface area contributed by atoms with Gasteiger partial charge in [-0.2, -0.15) is 5.10 Å². The first kappa shape index (κ1) is 17.8. The lowest BCUT2D eigenvalue weighted by Gasteiger charge is -2.19. The van der Waals surface area contributed by atoms with E-state index >= 15 is 0 Å². The molecule has 1 amide bonds. The van der Waals surface area contributed by atoms with E-state index in [1.807, 2.05) is 17.0 Å². The third kappa shape index (κ3) is 2.91. The highest BCUT2D eigenvalue weighted by Gasteiger charge is 2.31. The average molecular weight is 416 g/mol. The number of aromatic nitrogens is 4. The van der Waals surface area contributed by atoms with Gasteiger partial charge in [0, 0.05) is 30.3 Å². The molecule has 0 N–H and O–H groups in total. The molecule has 144 valence electrons. The van der Waals surface area contributed by atoms with E-state index in [1.165, 1.54) is 11.8 Å². The Morgan fingerprint density at radius 3 is 2.89 bits per heavy atom. The molecule has 1 saturated heterocycles. The number of nitrogens with zero attached hydrogens (tertiary/aromatic N) is 5. The predicted molar refractivity (Wildman–Crippen MR) is 108 cm³/mol. The van der Waals surface area contributed by atoms with Crippen LogP contribution < -0.4 is 5.56 Å². The van der Waals surface area contributed by atoms with Gasteiger partial charge in [-0.15, -0.1) is 0 Å². The summed E-state index contributed by atoms with van der Waals surface area (Å²) in [4.78, 5) is 32.3. The van der Waals surface area contributed by atoms with E-state index in [0.717, 1.165) is 31.6 Å². The fourth-order valence-corrected chi connectivity index (χ4v) is 5.19. The molecular formula is C19H18ClN5O2S. The van der Waals surface area contributed by atoms with Gasteiger partial charge in [-0.3, -0.25) is 14.2 Å². The first-order chi connectivity index (χ1) is 13.6. The maximum Gasteiger partial charge on any atom is 0.265 e. The molecule has 2 aromatic heterocycles. The molecule has 5 rings (SSSR count). The normalized spacial score (nSPS) is 18.8. The summed E-state index contributed by atoms with van der Waals surface area (Å²) in [6.45, 7) is 1.65. The SMILES string of the molecule is O=C(CC1CSc2nc3c(cnn3-c3cccc(Cl)c3)c(=O)n21)N1CCCC1. The lowest BCUT2D eigenvalue weighted by molar-refractivity contribution is -0.130. The van der Waals surface area contributed by atoms with Crippen LogP contribution in [0.25, 0.3) is 16.7 Å². The molecule has 7 nitrogen and oxygen atoms in total. The summed E-state index contributed by atoms with van der Waals surface area (Å²) in [5.74, 6) is 0.802. The van der Waals surface area contributed by atoms with E-state index in [-0.39, 0.29) is 17.5 Å². The lowest BCUT2D eigenvalue weighted by Crippen LogP contribution is -2.32. The molecule has 9 heteroatoms. The first-order valence-corrected chi connectivity index (χ1v) is 10.6. The van der Waals surface area contributed by atoms with Crippen molar-refractivity contribution in [1.82, 2.24) is 24.2 Å². The third-order valence-corrected chi connectivity index (χ3v) is 6.63. The number of thioether (sulfide) groups is 1. The van der Waals surface area contributed by atoms with Gasteiger partial charge in [0.1, 0.15) is 5.39 Å². The molecule has 1 fully saturated rings. The maximum atomic E-state index is 13.2. The summed E-state index contributed by atoms with van der Waals surface area (Å²) in [7, 11) is 0. The Bertz CT molecular complexity index is 1140. The Kier molecular flexibility index (Phi) is 4.40. The number of carbonyl (C=O) groups is 1. The number of benzene rings is 1. The number of hydrogen-bond donors (Lipinski definition) is 0. The summed E-state index contributed by atoms with van der Waals surface area (Å²) in [6, 6.07) is 7.11. The van der Waals surface area contributed by atoms with Gasteiger partial charge in [0.2, 0.25) is 5.91 Å². The molecular weight excluding hydrogens is 398 g/mol. The van der Waals surface area contributed by atoms with Gasteiger partial charge in [0.25, 0.3) is 5.56 Å². The molecule has 2 aliphatic rings. The molecule has 3 aromatic rings. The number of likely N-dealkylation sites (tertiary alicyclic amines) is 1. The Labute approximate surface area is 170 Å². The van der Waals surface area contributed by atoms with Gasteiger partial charge >= 0.3 is 0 Å². The Morgan fingerprint density at radius 2 is 2.11 bits per heavy atom. The second-order valence-corrected chi connectivity index (χ2v) is 8.52. The molecule has 0 saturated carbocycles. The number of halogens is 1. The van der Waals surface area contributed by atoms with Crippen LogP contribution in [0.15, 0.2) is 40.4 Å².